The molecule has 1 aromatic rings. The molecule has 0 saturated heterocycles. The zero-order valence-electron chi connectivity index (χ0n) is 12.3. The van der Waals surface area contributed by atoms with Crippen LogP contribution < -0.4 is 0 Å². The predicted octanol–water partition coefficient (Wildman–Crippen LogP) is 2.39. The second-order valence-electron chi connectivity index (χ2n) is 4.49. The van der Waals surface area contributed by atoms with E-state index in [1.165, 1.54) is 13.4 Å². The number of methoxy groups -OCH3 is 1. The van der Waals surface area contributed by atoms with Crippen molar-refractivity contribution >= 4 is 11.9 Å². The molecule has 0 fully saturated rings. The Morgan fingerprint density at radius 2 is 2.10 bits per heavy atom. The monoisotopic (exact) mass is 282 g/mol. The molecule has 0 aromatic carbocycles. The standard InChI is InChI=1S/C14H22N2O4/c1-4-6-7-8-16(13(17)5-2)9-12-15-11(10-20-12)14(18)19-3/h10H,4-9H2,1-3H3. The Kier molecular flexibility index (Phi) is 6.76. The fourth-order valence-electron chi connectivity index (χ4n) is 1.81. The first kappa shape index (κ1) is 16.2. The zero-order valence-corrected chi connectivity index (χ0v) is 12.3. The molecule has 0 bridgehead atoms. The Balaban J connectivity index is 2.66. The summed E-state index contributed by atoms with van der Waals surface area (Å²) in [6.07, 6.45) is 4.82. The topological polar surface area (TPSA) is 72.6 Å². The molecule has 0 aliphatic heterocycles. The van der Waals surface area contributed by atoms with Gasteiger partial charge >= 0.3 is 5.97 Å². The van der Waals surface area contributed by atoms with E-state index in [2.05, 4.69) is 16.6 Å². The Bertz CT molecular complexity index is 442. The van der Waals surface area contributed by atoms with Gasteiger partial charge in [-0.3, -0.25) is 4.79 Å². The van der Waals surface area contributed by atoms with Crippen molar-refractivity contribution in [1.82, 2.24) is 9.88 Å². The molecule has 0 atom stereocenters. The molecule has 20 heavy (non-hydrogen) atoms. The molecule has 1 aromatic heterocycles. The van der Waals surface area contributed by atoms with E-state index in [4.69, 9.17) is 4.42 Å². The number of carbonyl (C=O) groups excluding carboxylic acids is 2. The van der Waals surface area contributed by atoms with E-state index in [0.29, 0.717) is 18.9 Å². The predicted molar refractivity (Wildman–Crippen MR) is 73.1 cm³/mol. The third-order valence-electron chi connectivity index (χ3n) is 2.96. The van der Waals surface area contributed by atoms with Crippen molar-refractivity contribution in [3.05, 3.63) is 17.8 Å². The third kappa shape index (κ3) is 4.68. The largest absolute Gasteiger partial charge is 0.464 e. The van der Waals surface area contributed by atoms with Gasteiger partial charge in [-0.25, -0.2) is 9.78 Å². The van der Waals surface area contributed by atoms with E-state index in [1.54, 1.807) is 4.90 Å². The van der Waals surface area contributed by atoms with E-state index >= 15 is 0 Å². The van der Waals surface area contributed by atoms with E-state index in [1.807, 2.05) is 6.92 Å². The summed E-state index contributed by atoms with van der Waals surface area (Å²) in [6, 6.07) is 0. The third-order valence-corrected chi connectivity index (χ3v) is 2.96. The molecule has 0 radical (unpaired) electrons. The summed E-state index contributed by atoms with van der Waals surface area (Å²) in [6.45, 7) is 4.90. The van der Waals surface area contributed by atoms with Crippen LogP contribution in [0, 0.1) is 0 Å². The molecule has 0 spiro atoms. The van der Waals surface area contributed by atoms with Crippen LogP contribution in [-0.4, -0.2) is 35.4 Å². The first-order valence-corrected chi connectivity index (χ1v) is 6.92. The lowest BCUT2D eigenvalue weighted by Crippen LogP contribution is -2.31. The lowest BCUT2D eigenvalue weighted by molar-refractivity contribution is -0.131. The highest BCUT2D eigenvalue weighted by atomic mass is 16.5. The summed E-state index contributed by atoms with van der Waals surface area (Å²) in [4.78, 5) is 28.9. The molecule has 0 N–H and O–H groups in total. The van der Waals surface area contributed by atoms with Gasteiger partial charge < -0.3 is 14.1 Å². The van der Waals surface area contributed by atoms with Crippen LogP contribution in [0.1, 0.15) is 55.9 Å². The molecule has 0 saturated carbocycles. The highest BCUT2D eigenvalue weighted by Gasteiger charge is 2.17. The van der Waals surface area contributed by atoms with Crippen LogP contribution >= 0.6 is 0 Å². The molecule has 1 heterocycles. The lowest BCUT2D eigenvalue weighted by Gasteiger charge is -2.20. The van der Waals surface area contributed by atoms with Crippen molar-refractivity contribution < 1.29 is 18.7 Å². The zero-order chi connectivity index (χ0) is 15.0. The number of rotatable bonds is 8. The normalized spacial score (nSPS) is 10.3. The van der Waals surface area contributed by atoms with Gasteiger partial charge in [-0.2, -0.15) is 0 Å². The maximum absolute atomic E-state index is 11.9. The average Bonchev–Trinajstić information content (AvgIpc) is 2.93. The second-order valence-corrected chi connectivity index (χ2v) is 4.49. The Hall–Kier alpha value is -1.85. The molecule has 0 aliphatic carbocycles. The van der Waals surface area contributed by atoms with E-state index < -0.39 is 5.97 Å². The van der Waals surface area contributed by atoms with Crippen molar-refractivity contribution in [3.63, 3.8) is 0 Å². The number of unbranched alkanes of at least 4 members (excludes halogenated alkanes) is 2. The van der Waals surface area contributed by atoms with Crippen LogP contribution in [0.15, 0.2) is 10.7 Å². The summed E-state index contributed by atoms with van der Waals surface area (Å²) in [5.41, 5.74) is 0.125. The number of aromatic nitrogens is 1. The minimum atomic E-state index is -0.542. The molecule has 112 valence electrons. The molecule has 0 unspecified atom stereocenters. The van der Waals surface area contributed by atoms with Crippen molar-refractivity contribution in [2.45, 2.75) is 46.1 Å². The van der Waals surface area contributed by atoms with E-state index in [0.717, 1.165) is 19.3 Å². The first-order valence-electron chi connectivity index (χ1n) is 6.92. The van der Waals surface area contributed by atoms with Crippen molar-refractivity contribution in [1.29, 1.82) is 0 Å². The molecule has 1 amide bonds. The summed E-state index contributed by atoms with van der Waals surface area (Å²) >= 11 is 0. The summed E-state index contributed by atoms with van der Waals surface area (Å²) < 4.78 is 9.77. The number of hydrogen-bond donors (Lipinski definition) is 0. The van der Waals surface area contributed by atoms with Crippen LogP contribution in [0.4, 0.5) is 0 Å². The minimum Gasteiger partial charge on any atom is -0.464 e. The number of nitrogens with zero attached hydrogens (tertiary/aromatic N) is 2. The van der Waals surface area contributed by atoms with Gasteiger partial charge in [-0.05, 0) is 6.42 Å². The van der Waals surface area contributed by atoms with Gasteiger partial charge in [0.2, 0.25) is 11.8 Å². The molecule has 6 nitrogen and oxygen atoms in total. The van der Waals surface area contributed by atoms with E-state index in [-0.39, 0.29) is 18.1 Å². The summed E-state index contributed by atoms with van der Waals surface area (Å²) in [5.74, 6) is -0.137. The first-order chi connectivity index (χ1) is 9.62. The van der Waals surface area contributed by atoms with Gasteiger partial charge in [0.05, 0.1) is 13.7 Å². The highest BCUT2D eigenvalue weighted by molar-refractivity contribution is 5.86. The Morgan fingerprint density at radius 3 is 2.70 bits per heavy atom. The lowest BCUT2D eigenvalue weighted by atomic mass is 10.2. The summed E-state index contributed by atoms with van der Waals surface area (Å²) in [5, 5.41) is 0. The molecule has 6 heteroatoms. The second kappa shape index (κ2) is 8.35. The number of hydrogen-bond acceptors (Lipinski definition) is 5. The van der Waals surface area contributed by atoms with Crippen LogP contribution in [-0.2, 0) is 16.1 Å². The van der Waals surface area contributed by atoms with Crippen LogP contribution in [0.25, 0.3) is 0 Å². The fraction of sp³-hybridized carbons (Fsp3) is 0.643. The van der Waals surface area contributed by atoms with E-state index in [9.17, 15) is 9.59 Å². The van der Waals surface area contributed by atoms with Crippen LogP contribution in [0.3, 0.4) is 0 Å². The van der Waals surface area contributed by atoms with Crippen molar-refractivity contribution in [3.8, 4) is 0 Å². The van der Waals surface area contributed by atoms with Gasteiger partial charge in [0.25, 0.3) is 0 Å². The maximum Gasteiger partial charge on any atom is 0.360 e. The number of ether oxygens (including phenoxy) is 1. The number of carbonyl (C=O) groups is 2. The van der Waals surface area contributed by atoms with Gasteiger partial charge in [0.1, 0.15) is 6.26 Å². The van der Waals surface area contributed by atoms with Gasteiger partial charge in [0.15, 0.2) is 5.69 Å². The number of oxazole rings is 1. The molecule has 1 rings (SSSR count). The Labute approximate surface area is 119 Å². The number of amides is 1. The minimum absolute atomic E-state index is 0.0546. The van der Waals surface area contributed by atoms with Gasteiger partial charge in [0, 0.05) is 13.0 Å². The quantitative estimate of drug-likeness (QED) is 0.540. The summed E-state index contributed by atoms with van der Waals surface area (Å²) in [7, 11) is 1.29. The van der Waals surface area contributed by atoms with Crippen molar-refractivity contribution in [2.24, 2.45) is 0 Å². The van der Waals surface area contributed by atoms with Crippen molar-refractivity contribution in [2.75, 3.05) is 13.7 Å². The SMILES string of the molecule is CCCCCN(Cc1nc(C(=O)OC)co1)C(=O)CC. The highest BCUT2D eigenvalue weighted by Crippen LogP contribution is 2.09. The fourth-order valence-corrected chi connectivity index (χ4v) is 1.81. The van der Waals surface area contributed by atoms with Gasteiger partial charge in [-0.1, -0.05) is 26.7 Å². The van der Waals surface area contributed by atoms with Crippen LogP contribution in [0.5, 0.6) is 0 Å². The average molecular weight is 282 g/mol. The molecular formula is C14H22N2O4. The smallest absolute Gasteiger partial charge is 0.360 e. The van der Waals surface area contributed by atoms with Crippen LogP contribution in [0.2, 0.25) is 0 Å². The molecule has 0 aliphatic rings. The van der Waals surface area contributed by atoms with Gasteiger partial charge in [-0.15, -0.1) is 0 Å². The molecular weight excluding hydrogens is 260 g/mol. The number of esters is 1. The maximum atomic E-state index is 11.9. The Morgan fingerprint density at radius 1 is 1.35 bits per heavy atom.